The quantitative estimate of drug-likeness (QED) is 0.680. The van der Waals surface area contributed by atoms with E-state index < -0.39 is 12.1 Å². The van der Waals surface area contributed by atoms with Crippen molar-refractivity contribution in [1.29, 1.82) is 0 Å². The second-order valence-corrected chi connectivity index (χ2v) is 5.60. The van der Waals surface area contributed by atoms with E-state index in [0.29, 0.717) is 6.61 Å². The Balaban J connectivity index is 1.88. The second kappa shape index (κ2) is 9.88. The number of carbonyl (C=O) groups excluding carboxylic acids is 1. The van der Waals surface area contributed by atoms with E-state index in [4.69, 9.17) is 9.84 Å². The van der Waals surface area contributed by atoms with Gasteiger partial charge in [-0.25, -0.2) is 4.79 Å². The topological polar surface area (TPSA) is 87.7 Å². The number of hydrogen-bond donors (Lipinski definition) is 3. The molecule has 0 bridgehead atoms. The number of hydrogen-bond acceptors (Lipinski definition) is 3. The van der Waals surface area contributed by atoms with Crippen molar-refractivity contribution in [2.75, 3.05) is 7.05 Å². The van der Waals surface area contributed by atoms with Crippen molar-refractivity contribution in [3.8, 4) is 5.75 Å². The van der Waals surface area contributed by atoms with Crippen LogP contribution in [0, 0.1) is 0 Å². The van der Waals surface area contributed by atoms with Crippen LogP contribution in [0.4, 0.5) is 4.79 Å². The summed E-state index contributed by atoms with van der Waals surface area (Å²) in [5, 5.41) is 13.4. The average molecular weight is 354 g/mol. The first-order chi connectivity index (χ1) is 12.6. The van der Waals surface area contributed by atoms with Crippen molar-refractivity contribution in [2.45, 2.75) is 19.1 Å². The van der Waals surface area contributed by atoms with Crippen molar-refractivity contribution in [1.82, 2.24) is 10.6 Å². The molecule has 0 aliphatic rings. The number of rotatable bonds is 8. The summed E-state index contributed by atoms with van der Waals surface area (Å²) in [4.78, 5) is 22.4. The van der Waals surface area contributed by atoms with Crippen LogP contribution in [-0.4, -0.2) is 30.2 Å². The zero-order chi connectivity index (χ0) is 18.8. The van der Waals surface area contributed by atoms with Gasteiger partial charge in [0.25, 0.3) is 0 Å². The van der Waals surface area contributed by atoms with Crippen molar-refractivity contribution < 1.29 is 19.4 Å². The van der Waals surface area contributed by atoms with Crippen LogP contribution in [0.5, 0.6) is 5.75 Å². The molecule has 0 fully saturated rings. The minimum Gasteiger partial charge on any atom is -0.489 e. The molecular weight excluding hydrogens is 332 g/mol. The minimum atomic E-state index is -1.23. The molecule has 2 aromatic carbocycles. The molecule has 0 aromatic heterocycles. The average Bonchev–Trinajstić information content (AvgIpc) is 2.66. The highest BCUT2D eigenvalue weighted by atomic mass is 16.5. The van der Waals surface area contributed by atoms with Crippen LogP contribution in [0.3, 0.4) is 0 Å². The summed E-state index contributed by atoms with van der Waals surface area (Å²) < 4.78 is 5.73. The summed E-state index contributed by atoms with van der Waals surface area (Å²) in [6.45, 7) is 0.505. The zero-order valence-corrected chi connectivity index (χ0v) is 14.5. The van der Waals surface area contributed by atoms with Crippen LogP contribution in [0.15, 0.2) is 60.7 Å². The van der Waals surface area contributed by atoms with Gasteiger partial charge in [-0.15, -0.1) is 0 Å². The summed E-state index contributed by atoms with van der Waals surface area (Å²) in [5.41, 5.74) is 2.03. The predicted molar refractivity (Wildman–Crippen MR) is 99.9 cm³/mol. The van der Waals surface area contributed by atoms with Gasteiger partial charge in [0.05, 0.1) is 0 Å². The molecule has 0 saturated heterocycles. The molecule has 0 aliphatic carbocycles. The summed E-state index contributed by atoms with van der Waals surface area (Å²) in [6, 6.07) is 16.6. The van der Waals surface area contributed by atoms with Gasteiger partial charge in [-0.3, -0.25) is 4.79 Å². The first-order valence-electron chi connectivity index (χ1n) is 8.23. The van der Waals surface area contributed by atoms with E-state index in [-0.39, 0.29) is 12.3 Å². The molecule has 2 rings (SSSR count). The van der Waals surface area contributed by atoms with E-state index in [1.165, 1.54) is 7.05 Å². The van der Waals surface area contributed by atoms with Crippen LogP contribution in [0.25, 0.3) is 6.08 Å². The molecule has 6 heteroatoms. The number of carbonyl (C=O) groups is 2. The molecule has 0 spiro atoms. The fourth-order valence-electron chi connectivity index (χ4n) is 2.31. The monoisotopic (exact) mass is 354 g/mol. The SMILES string of the molecule is CNC(=O)C(C/C=C/c1ccc(OCc2ccccc2)cc1)NC(=O)O. The number of nitrogens with one attached hydrogen (secondary N) is 2. The maximum Gasteiger partial charge on any atom is 0.405 e. The first-order valence-corrected chi connectivity index (χ1v) is 8.23. The zero-order valence-electron chi connectivity index (χ0n) is 14.5. The number of carboxylic acid groups (broad SMARTS) is 1. The van der Waals surface area contributed by atoms with Gasteiger partial charge in [-0.2, -0.15) is 0 Å². The van der Waals surface area contributed by atoms with Crippen molar-refractivity contribution in [3.63, 3.8) is 0 Å². The largest absolute Gasteiger partial charge is 0.489 e. The van der Waals surface area contributed by atoms with Crippen LogP contribution >= 0.6 is 0 Å². The third kappa shape index (κ3) is 6.32. The minimum absolute atomic E-state index is 0.262. The molecule has 2 aromatic rings. The Bertz CT molecular complexity index is 742. The molecule has 1 unspecified atom stereocenters. The van der Waals surface area contributed by atoms with Gasteiger partial charge in [-0.1, -0.05) is 54.6 Å². The number of likely N-dealkylation sites (N-methyl/N-ethyl adjacent to an activating group) is 1. The number of benzene rings is 2. The highest BCUT2D eigenvalue weighted by molar-refractivity contribution is 5.85. The fraction of sp³-hybridized carbons (Fsp3) is 0.200. The molecule has 0 radical (unpaired) electrons. The molecule has 26 heavy (non-hydrogen) atoms. The number of amides is 2. The van der Waals surface area contributed by atoms with Gasteiger partial charge in [0.2, 0.25) is 5.91 Å². The van der Waals surface area contributed by atoms with Gasteiger partial charge >= 0.3 is 6.09 Å². The van der Waals surface area contributed by atoms with Gasteiger partial charge in [0, 0.05) is 7.05 Å². The van der Waals surface area contributed by atoms with E-state index >= 15 is 0 Å². The third-order valence-corrected chi connectivity index (χ3v) is 3.67. The standard InChI is InChI=1S/C20H22N2O4/c1-21-19(23)18(22-20(24)25)9-5-8-15-10-12-17(13-11-15)26-14-16-6-3-2-4-7-16/h2-8,10-13,18,22H,9,14H2,1H3,(H,21,23)(H,24,25)/b8-5+. The molecule has 1 atom stereocenters. The van der Waals surface area contributed by atoms with E-state index in [2.05, 4.69) is 10.6 Å². The van der Waals surface area contributed by atoms with Crippen LogP contribution in [0.2, 0.25) is 0 Å². The normalized spacial score (nSPS) is 11.7. The maximum atomic E-state index is 11.6. The van der Waals surface area contributed by atoms with Crippen LogP contribution in [0.1, 0.15) is 17.5 Å². The van der Waals surface area contributed by atoms with E-state index in [1.807, 2.05) is 60.7 Å². The lowest BCUT2D eigenvalue weighted by atomic mass is 10.1. The van der Waals surface area contributed by atoms with Crippen molar-refractivity contribution in [3.05, 3.63) is 71.8 Å². The van der Waals surface area contributed by atoms with Crippen LogP contribution in [-0.2, 0) is 11.4 Å². The van der Waals surface area contributed by atoms with E-state index in [9.17, 15) is 9.59 Å². The lowest BCUT2D eigenvalue weighted by molar-refractivity contribution is -0.122. The Hall–Kier alpha value is -3.28. The first kappa shape index (κ1) is 19.1. The van der Waals surface area contributed by atoms with Crippen LogP contribution < -0.4 is 15.4 Å². The van der Waals surface area contributed by atoms with Gasteiger partial charge < -0.3 is 20.5 Å². The molecule has 2 amide bonds. The molecule has 0 heterocycles. The Morgan fingerprint density at radius 1 is 1.12 bits per heavy atom. The van der Waals surface area contributed by atoms with Crippen molar-refractivity contribution in [2.24, 2.45) is 0 Å². The highest BCUT2D eigenvalue weighted by Gasteiger charge is 2.17. The van der Waals surface area contributed by atoms with Gasteiger partial charge in [0.15, 0.2) is 0 Å². The molecule has 136 valence electrons. The highest BCUT2D eigenvalue weighted by Crippen LogP contribution is 2.15. The van der Waals surface area contributed by atoms with E-state index in [1.54, 1.807) is 6.08 Å². The Labute approximate surface area is 152 Å². The lowest BCUT2D eigenvalue weighted by Crippen LogP contribution is -2.44. The Kier molecular flexibility index (Phi) is 7.24. The number of ether oxygens (including phenoxy) is 1. The maximum absolute atomic E-state index is 11.6. The lowest BCUT2D eigenvalue weighted by Gasteiger charge is -2.12. The van der Waals surface area contributed by atoms with E-state index in [0.717, 1.165) is 16.9 Å². The summed E-state index contributed by atoms with van der Waals surface area (Å²) in [7, 11) is 1.47. The van der Waals surface area contributed by atoms with Gasteiger partial charge in [0.1, 0.15) is 18.4 Å². The summed E-state index contributed by atoms with van der Waals surface area (Å²) in [5.74, 6) is 0.392. The third-order valence-electron chi connectivity index (χ3n) is 3.67. The summed E-state index contributed by atoms with van der Waals surface area (Å²) in [6.07, 6.45) is 2.63. The smallest absolute Gasteiger partial charge is 0.405 e. The summed E-state index contributed by atoms with van der Waals surface area (Å²) >= 11 is 0. The van der Waals surface area contributed by atoms with Gasteiger partial charge in [-0.05, 0) is 29.7 Å². The Morgan fingerprint density at radius 3 is 2.42 bits per heavy atom. The predicted octanol–water partition coefficient (Wildman–Crippen LogP) is 3.05. The molecule has 0 aliphatic heterocycles. The molecule has 0 saturated carbocycles. The molecule has 3 N–H and O–H groups in total. The molecule has 6 nitrogen and oxygen atoms in total. The fourth-order valence-corrected chi connectivity index (χ4v) is 2.31. The second-order valence-electron chi connectivity index (χ2n) is 5.60. The molecular formula is C20H22N2O4. The Morgan fingerprint density at radius 2 is 1.81 bits per heavy atom. The van der Waals surface area contributed by atoms with Crippen molar-refractivity contribution >= 4 is 18.1 Å².